The highest BCUT2D eigenvalue weighted by Gasteiger charge is 2.16. The number of hydrogen-bond donors (Lipinski definition) is 1. The molecule has 4 rings (SSSR count). The first kappa shape index (κ1) is 14.9. The predicted octanol–water partition coefficient (Wildman–Crippen LogP) is 3.29. The Balaban J connectivity index is 1.92. The van der Waals surface area contributed by atoms with E-state index in [1.807, 2.05) is 18.2 Å². The lowest BCUT2D eigenvalue weighted by Crippen LogP contribution is -2.20. The lowest BCUT2D eigenvalue weighted by atomic mass is 10.2. The van der Waals surface area contributed by atoms with Crippen molar-refractivity contribution >= 4 is 34.7 Å². The van der Waals surface area contributed by atoms with Crippen LogP contribution in [-0.2, 0) is 0 Å². The van der Waals surface area contributed by atoms with Gasteiger partial charge in [-0.25, -0.2) is 0 Å². The highest BCUT2D eigenvalue weighted by Crippen LogP contribution is 2.33. The van der Waals surface area contributed by atoms with Gasteiger partial charge in [0, 0.05) is 11.6 Å². The monoisotopic (exact) mass is 329 g/mol. The molecule has 0 bridgehead atoms. The van der Waals surface area contributed by atoms with Crippen LogP contribution in [0.2, 0.25) is 0 Å². The van der Waals surface area contributed by atoms with Crippen molar-refractivity contribution in [2.24, 2.45) is 0 Å². The van der Waals surface area contributed by atoms with E-state index in [1.165, 1.54) is 15.9 Å². The van der Waals surface area contributed by atoms with Crippen LogP contribution in [0.25, 0.3) is 10.9 Å². The van der Waals surface area contributed by atoms with E-state index in [1.54, 1.807) is 6.07 Å². The second kappa shape index (κ2) is 6.43. The molecule has 0 radical (unpaired) electrons. The third-order valence-corrected chi connectivity index (χ3v) is 6.42. The molecule has 0 unspecified atom stereocenters. The number of aromatic amines is 1. The van der Waals surface area contributed by atoms with Gasteiger partial charge in [0.2, 0.25) is 5.56 Å². The van der Waals surface area contributed by atoms with E-state index in [2.05, 4.69) is 71.7 Å². The summed E-state index contributed by atoms with van der Waals surface area (Å²) >= 11 is 0. The number of H-pyrrole nitrogens is 1. The molecule has 0 saturated carbocycles. The van der Waals surface area contributed by atoms with Crippen LogP contribution in [0.1, 0.15) is 0 Å². The Hall–Kier alpha value is -2.70. The molecule has 0 aliphatic carbocycles. The van der Waals surface area contributed by atoms with Crippen molar-refractivity contribution in [3.05, 3.63) is 101 Å². The fourth-order valence-electron chi connectivity index (χ4n) is 2.88. The number of hydrogen-bond acceptors (Lipinski definition) is 1. The zero-order chi connectivity index (χ0) is 16.4. The molecule has 0 aliphatic heterocycles. The Labute approximate surface area is 141 Å². The van der Waals surface area contributed by atoms with E-state index < -0.39 is 7.92 Å². The van der Waals surface area contributed by atoms with Gasteiger partial charge in [-0.2, -0.15) is 0 Å². The van der Waals surface area contributed by atoms with Gasteiger partial charge in [0.25, 0.3) is 0 Å². The minimum atomic E-state index is -0.651. The van der Waals surface area contributed by atoms with Crippen LogP contribution in [0.15, 0.2) is 95.8 Å². The molecule has 4 aromatic rings. The maximum atomic E-state index is 11.7. The van der Waals surface area contributed by atoms with Gasteiger partial charge in [-0.1, -0.05) is 72.8 Å². The Bertz CT molecular complexity index is 986. The molecule has 116 valence electrons. The molecule has 3 aromatic carbocycles. The van der Waals surface area contributed by atoms with Gasteiger partial charge < -0.3 is 4.98 Å². The van der Waals surface area contributed by atoms with Crippen molar-refractivity contribution in [1.29, 1.82) is 0 Å². The lowest BCUT2D eigenvalue weighted by molar-refractivity contribution is 1.31. The first-order chi connectivity index (χ1) is 11.8. The molecular weight excluding hydrogens is 313 g/mol. The Morgan fingerprint density at radius 3 is 1.83 bits per heavy atom. The molecule has 0 fully saturated rings. The van der Waals surface area contributed by atoms with Gasteiger partial charge in [-0.05, 0) is 41.4 Å². The molecule has 0 amide bonds. The van der Waals surface area contributed by atoms with Gasteiger partial charge in [0.1, 0.15) is 0 Å². The van der Waals surface area contributed by atoms with Gasteiger partial charge >= 0.3 is 0 Å². The molecule has 0 spiro atoms. The SMILES string of the molecule is O=c1ccc2ccc(P(c3ccccc3)c3ccccc3)cc2[nH]1. The average Bonchev–Trinajstić information content (AvgIpc) is 2.63. The maximum absolute atomic E-state index is 11.7. The average molecular weight is 329 g/mol. The lowest BCUT2D eigenvalue weighted by Gasteiger charge is -2.19. The number of nitrogens with one attached hydrogen (secondary N) is 1. The standard InChI is InChI=1S/C21H16NOP/c23-21-14-12-16-11-13-19(15-20(16)22-21)24(17-7-3-1-4-8-17)18-9-5-2-6-10-18/h1-15H,(H,22,23). The largest absolute Gasteiger partial charge is 0.322 e. The molecule has 3 heteroatoms. The summed E-state index contributed by atoms with van der Waals surface area (Å²) in [7, 11) is -0.651. The molecule has 24 heavy (non-hydrogen) atoms. The van der Waals surface area contributed by atoms with E-state index in [0.717, 1.165) is 10.9 Å². The number of pyridine rings is 1. The maximum Gasteiger partial charge on any atom is 0.248 e. The Kier molecular flexibility index (Phi) is 3.98. The summed E-state index contributed by atoms with van der Waals surface area (Å²) in [4.78, 5) is 14.6. The molecule has 1 N–H and O–H groups in total. The predicted molar refractivity (Wildman–Crippen MR) is 103 cm³/mol. The van der Waals surface area contributed by atoms with Crippen molar-refractivity contribution in [3.8, 4) is 0 Å². The van der Waals surface area contributed by atoms with Gasteiger partial charge in [0.15, 0.2) is 0 Å². The van der Waals surface area contributed by atoms with E-state index >= 15 is 0 Å². The van der Waals surface area contributed by atoms with Crippen molar-refractivity contribution in [2.75, 3.05) is 0 Å². The van der Waals surface area contributed by atoms with Crippen LogP contribution in [0.5, 0.6) is 0 Å². The number of aromatic nitrogens is 1. The third kappa shape index (κ3) is 2.89. The Morgan fingerprint density at radius 1 is 0.625 bits per heavy atom. The number of fused-ring (bicyclic) bond motifs is 1. The Morgan fingerprint density at radius 2 is 1.21 bits per heavy atom. The normalized spacial score (nSPS) is 11.0. The minimum Gasteiger partial charge on any atom is -0.322 e. The molecule has 1 heterocycles. The van der Waals surface area contributed by atoms with E-state index in [4.69, 9.17) is 0 Å². The summed E-state index contributed by atoms with van der Waals surface area (Å²) < 4.78 is 0. The number of rotatable bonds is 3. The summed E-state index contributed by atoms with van der Waals surface area (Å²) in [6, 6.07) is 30.9. The van der Waals surface area contributed by atoms with Crippen LogP contribution in [-0.4, -0.2) is 4.98 Å². The summed E-state index contributed by atoms with van der Waals surface area (Å²) in [6.45, 7) is 0. The quantitative estimate of drug-likeness (QED) is 0.575. The molecule has 1 aromatic heterocycles. The van der Waals surface area contributed by atoms with Crippen LogP contribution in [0, 0.1) is 0 Å². The molecule has 0 saturated heterocycles. The van der Waals surface area contributed by atoms with Crippen LogP contribution in [0.4, 0.5) is 0 Å². The fourth-order valence-corrected chi connectivity index (χ4v) is 5.19. The first-order valence-corrected chi connectivity index (χ1v) is 9.19. The molecular formula is C21H16NOP. The van der Waals surface area contributed by atoms with Crippen LogP contribution >= 0.6 is 7.92 Å². The van der Waals surface area contributed by atoms with E-state index in [-0.39, 0.29) is 5.56 Å². The fraction of sp³-hybridized carbons (Fsp3) is 0. The second-order valence-corrected chi connectivity index (χ2v) is 7.82. The minimum absolute atomic E-state index is 0.0663. The summed E-state index contributed by atoms with van der Waals surface area (Å²) in [6.07, 6.45) is 0. The van der Waals surface area contributed by atoms with Crippen molar-refractivity contribution in [1.82, 2.24) is 4.98 Å². The van der Waals surface area contributed by atoms with E-state index in [0.29, 0.717) is 0 Å². The zero-order valence-corrected chi connectivity index (χ0v) is 13.9. The number of benzene rings is 3. The molecule has 0 atom stereocenters. The highest BCUT2D eigenvalue weighted by atomic mass is 31.1. The van der Waals surface area contributed by atoms with Gasteiger partial charge in [-0.15, -0.1) is 0 Å². The van der Waals surface area contributed by atoms with Crippen molar-refractivity contribution < 1.29 is 0 Å². The summed E-state index contributed by atoms with van der Waals surface area (Å²) in [5, 5.41) is 4.89. The van der Waals surface area contributed by atoms with Crippen LogP contribution < -0.4 is 21.5 Å². The van der Waals surface area contributed by atoms with Crippen molar-refractivity contribution in [3.63, 3.8) is 0 Å². The third-order valence-electron chi connectivity index (χ3n) is 4.00. The van der Waals surface area contributed by atoms with Gasteiger partial charge in [-0.3, -0.25) is 4.79 Å². The van der Waals surface area contributed by atoms with E-state index in [9.17, 15) is 4.79 Å². The first-order valence-electron chi connectivity index (χ1n) is 7.85. The molecule has 2 nitrogen and oxygen atoms in total. The summed E-state index contributed by atoms with van der Waals surface area (Å²) in [5.41, 5.74) is 0.822. The molecule has 0 aliphatic rings. The van der Waals surface area contributed by atoms with Crippen LogP contribution in [0.3, 0.4) is 0 Å². The highest BCUT2D eigenvalue weighted by molar-refractivity contribution is 7.79. The second-order valence-electron chi connectivity index (χ2n) is 5.60. The zero-order valence-electron chi connectivity index (χ0n) is 13.0. The summed E-state index contributed by atoms with van der Waals surface area (Å²) in [5.74, 6) is 0. The van der Waals surface area contributed by atoms with Gasteiger partial charge in [0.05, 0.1) is 0 Å². The smallest absolute Gasteiger partial charge is 0.248 e. The topological polar surface area (TPSA) is 32.9 Å². The van der Waals surface area contributed by atoms with Crippen molar-refractivity contribution in [2.45, 2.75) is 0 Å².